The molecule has 2 aliphatic heterocycles. The second-order valence-electron chi connectivity index (χ2n) is 8.04. The number of thioether (sulfide) groups is 1. The Morgan fingerprint density at radius 3 is 2.60 bits per heavy atom. The number of carbonyl (C=O) groups excluding carboxylic acids is 1. The molecule has 0 saturated carbocycles. The topological polar surface area (TPSA) is 96.6 Å². The number of aliphatic imine (C=N–C) groups is 1. The van der Waals surface area contributed by atoms with Crippen molar-refractivity contribution in [2.45, 2.75) is 33.1 Å². The molecule has 8 nitrogen and oxygen atoms in total. The number of nitrogens with zero attached hydrogens (tertiary/aromatic N) is 3. The van der Waals surface area contributed by atoms with Crippen molar-refractivity contribution >= 4 is 39.8 Å². The summed E-state index contributed by atoms with van der Waals surface area (Å²) >= 11 is 1.36. The molecule has 1 N–H and O–H groups in total. The summed E-state index contributed by atoms with van der Waals surface area (Å²) in [6.45, 7) is 4.87. The molecule has 0 bridgehead atoms. The van der Waals surface area contributed by atoms with E-state index in [-0.39, 0.29) is 11.4 Å². The minimum Gasteiger partial charge on any atom is -0.493 e. The second kappa shape index (κ2) is 11.2. The lowest BCUT2D eigenvalue weighted by molar-refractivity contribution is -0.114. The third-order valence-corrected chi connectivity index (χ3v) is 6.34. The summed E-state index contributed by atoms with van der Waals surface area (Å²) in [6, 6.07) is 13.2. The number of amides is 1. The van der Waals surface area contributed by atoms with Crippen LogP contribution in [0.25, 0.3) is 6.08 Å². The summed E-state index contributed by atoms with van der Waals surface area (Å²) in [6.07, 6.45) is 4.49. The fourth-order valence-electron chi connectivity index (χ4n) is 3.47. The summed E-state index contributed by atoms with van der Waals surface area (Å²) in [4.78, 5) is 16.8. The third kappa shape index (κ3) is 5.92. The molecule has 0 fully saturated rings. The van der Waals surface area contributed by atoms with E-state index < -0.39 is 5.91 Å². The highest BCUT2D eigenvalue weighted by atomic mass is 32.2. The largest absolute Gasteiger partial charge is 0.493 e. The van der Waals surface area contributed by atoms with Gasteiger partial charge in [0.1, 0.15) is 24.0 Å². The van der Waals surface area contributed by atoms with Crippen LogP contribution in [0.15, 0.2) is 58.1 Å². The Hall–Kier alpha value is -3.59. The highest BCUT2D eigenvalue weighted by Crippen LogP contribution is 2.32. The number of hydrogen-bond acceptors (Lipinski definition) is 7. The number of nitrogens with one attached hydrogen (secondary N) is 1. The molecule has 0 spiro atoms. The molecule has 182 valence electrons. The lowest BCUT2D eigenvalue weighted by atomic mass is 10.1. The average Bonchev–Trinajstić information content (AvgIpc) is 3.27. The molecule has 0 saturated heterocycles. The van der Waals surface area contributed by atoms with Crippen molar-refractivity contribution in [3.63, 3.8) is 0 Å². The Labute approximate surface area is 209 Å². The summed E-state index contributed by atoms with van der Waals surface area (Å²) in [5.41, 5.74) is 2.05. The third-order valence-electron chi connectivity index (χ3n) is 5.37. The summed E-state index contributed by atoms with van der Waals surface area (Å²) in [7, 11) is 1.56. The Bertz CT molecular complexity index is 1200. The van der Waals surface area contributed by atoms with Gasteiger partial charge in [-0.25, -0.2) is 0 Å². The summed E-state index contributed by atoms with van der Waals surface area (Å²) in [5, 5.41) is 15.8. The zero-order valence-corrected chi connectivity index (χ0v) is 20.9. The molecule has 2 heterocycles. The van der Waals surface area contributed by atoms with Gasteiger partial charge in [0.05, 0.1) is 12.7 Å². The fraction of sp³-hybridized carbons (Fsp3) is 0.308. The SMILES string of the molecule is CCCCC1=NN2C(=N)C(=Cc3ccc(OCCOc4ccc(C)cc4)c(OC)c3)C(=O)N=C2S1. The van der Waals surface area contributed by atoms with Crippen LogP contribution >= 0.6 is 11.8 Å². The molecule has 2 aromatic carbocycles. The maximum atomic E-state index is 12.6. The number of amidine groups is 2. The van der Waals surface area contributed by atoms with Gasteiger partial charge in [0, 0.05) is 0 Å². The van der Waals surface area contributed by atoms with E-state index in [1.807, 2.05) is 31.2 Å². The number of fused-ring (bicyclic) bond motifs is 1. The van der Waals surface area contributed by atoms with Crippen LogP contribution < -0.4 is 14.2 Å². The lowest BCUT2D eigenvalue weighted by Crippen LogP contribution is -2.35. The predicted molar refractivity (Wildman–Crippen MR) is 140 cm³/mol. The normalized spacial score (nSPS) is 16.2. The van der Waals surface area contributed by atoms with Gasteiger partial charge in [0.25, 0.3) is 5.91 Å². The van der Waals surface area contributed by atoms with Crippen LogP contribution in [-0.2, 0) is 4.79 Å². The quantitative estimate of drug-likeness (QED) is 0.358. The molecular formula is C26H28N4O4S. The molecular weight excluding hydrogens is 464 g/mol. The van der Waals surface area contributed by atoms with E-state index in [4.69, 9.17) is 19.6 Å². The molecule has 0 radical (unpaired) electrons. The monoisotopic (exact) mass is 492 g/mol. The van der Waals surface area contributed by atoms with E-state index in [1.165, 1.54) is 22.3 Å². The summed E-state index contributed by atoms with van der Waals surface area (Å²) < 4.78 is 17.0. The van der Waals surface area contributed by atoms with Crippen molar-refractivity contribution in [2.75, 3.05) is 20.3 Å². The predicted octanol–water partition coefficient (Wildman–Crippen LogP) is 5.27. The zero-order valence-electron chi connectivity index (χ0n) is 20.0. The van der Waals surface area contributed by atoms with E-state index in [9.17, 15) is 4.79 Å². The molecule has 2 aromatic rings. The molecule has 0 aliphatic carbocycles. The van der Waals surface area contributed by atoms with Crippen LogP contribution in [0.4, 0.5) is 0 Å². The number of carbonyl (C=O) groups is 1. The van der Waals surface area contributed by atoms with Crippen molar-refractivity contribution in [1.29, 1.82) is 5.41 Å². The van der Waals surface area contributed by atoms with Crippen LogP contribution in [-0.4, -0.2) is 47.3 Å². The first-order valence-electron chi connectivity index (χ1n) is 11.5. The van der Waals surface area contributed by atoms with Gasteiger partial charge in [0.2, 0.25) is 5.17 Å². The van der Waals surface area contributed by atoms with Crippen molar-refractivity contribution < 1.29 is 19.0 Å². The van der Waals surface area contributed by atoms with Crippen molar-refractivity contribution in [2.24, 2.45) is 10.1 Å². The molecule has 35 heavy (non-hydrogen) atoms. The Morgan fingerprint density at radius 2 is 1.86 bits per heavy atom. The number of unbranched alkanes of at least 4 members (excludes halogenated alkanes) is 1. The van der Waals surface area contributed by atoms with Gasteiger partial charge in [-0.3, -0.25) is 10.2 Å². The number of hydrazone groups is 1. The number of aryl methyl sites for hydroxylation is 1. The lowest BCUT2D eigenvalue weighted by Gasteiger charge is -2.20. The molecule has 0 atom stereocenters. The van der Waals surface area contributed by atoms with Gasteiger partial charge >= 0.3 is 0 Å². The van der Waals surface area contributed by atoms with Gasteiger partial charge in [0.15, 0.2) is 17.3 Å². The number of rotatable bonds is 10. The van der Waals surface area contributed by atoms with Crippen LogP contribution in [0.5, 0.6) is 17.2 Å². The van der Waals surface area contributed by atoms with Crippen LogP contribution in [0.3, 0.4) is 0 Å². The molecule has 9 heteroatoms. The average molecular weight is 493 g/mol. The van der Waals surface area contributed by atoms with Crippen molar-refractivity contribution in [3.8, 4) is 17.2 Å². The van der Waals surface area contributed by atoms with E-state index in [1.54, 1.807) is 31.4 Å². The Balaban J connectivity index is 1.42. The van der Waals surface area contributed by atoms with E-state index in [0.29, 0.717) is 35.4 Å². The summed E-state index contributed by atoms with van der Waals surface area (Å²) in [5.74, 6) is 1.44. The first-order chi connectivity index (χ1) is 17.0. The van der Waals surface area contributed by atoms with Crippen LogP contribution in [0.2, 0.25) is 0 Å². The van der Waals surface area contributed by atoms with Gasteiger partial charge in [-0.05, 0) is 67.4 Å². The van der Waals surface area contributed by atoms with Gasteiger partial charge in [-0.15, -0.1) is 0 Å². The minimum absolute atomic E-state index is 0.0200. The molecule has 2 aliphatic rings. The first-order valence-corrected chi connectivity index (χ1v) is 12.3. The van der Waals surface area contributed by atoms with E-state index in [0.717, 1.165) is 30.1 Å². The van der Waals surface area contributed by atoms with Crippen LogP contribution in [0.1, 0.15) is 37.3 Å². The van der Waals surface area contributed by atoms with E-state index in [2.05, 4.69) is 17.0 Å². The first kappa shape index (κ1) is 24.5. The molecule has 0 aromatic heterocycles. The number of methoxy groups -OCH3 is 1. The maximum absolute atomic E-state index is 12.6. The smallest absolute Gasteiger partial charge is 0.283 e. The highest BCUT2D eigenvalue weighted by Gasteiger charge is 2.35. The highest BCUT2D eigenvalue weighted by molar-refractivity contribution is 8.26. The molecule has 1 amide bonds. The fourth-order valence-corrected chi connectivity index (χ4v) is 4.39. The Morgan fingerprint density at radius 1 is 1.09 bits per heavy atom. The zero-order chi connectivity index (χ0) is 24.8. The van der Waals surface area contributed by atoms with E-state index >= 15 is 0 Å². The number of ether oxygens (including phenoxy) is 3. The maximum Gasteiger partial charge on any atom is 0.283 e. The molecule has 0 unspecified atom stereocenters. The van der Waals surface area contributed by atoms with Gasteiger partial charge in [-0.1, -0.05) is 37.1 Å². The van der Waals surface area contributed by atoms with Crippen molar-refractivity contribution in [3.05, 3.63) is 59.2 Å². The Kier molecular flexibility index (Phi) is 7.87. The number of benzene rings is 2. The standard InChI is InChI=1S/C26H28N4O4S/c1-4-5-6-23-29-30-24(27)20(25(31)28-26(30)35-23)15-18-9-12-21(22(16-18)32-3)34-14-13-33-19-10-7-17(2)8-11-19/h7-12,15-16,27H,4-6,13-14H2,1-3H3. The van der Waals surface area contributed by atoms with Gasteiger partial charge < -0.3 is 14.2 Å². The number of hydrogen-bond donors (Lipinski definition) is 1. The van der Waals surface area contributed by atoms with Crippen molar-refractivity contribution in [1.82, 2.24) is 5.01 Å². The van der Waals surface area contributed by atoms with Crippen LogP contribution in [0, 0.1) is 12.3 Å². The minimum atomic E-state index is -0.451. The van der Waals surface area contributed by atoms with Gasteiger partial charge in [-0.2, -0.15) is 15.1 Å². The molecule has 4 rings (SSSR count). The second-order valence-corrected chi connectivity index (χ2v) is 9.08.